The van der Waals surface area contributed by atoms with Gasteiger partial charge in [0, 0.05) is 23.9 Å². The summed E-state index contributed by atoms with van der Waals surface area (Å²) in [7, 11) is 0. The Labute approximate surface area is 125 Å². The lowest BCUT2D eigenvalue weighted by molar-refractivity contribution is -0.118. The summed E-state index contributed by atoms with van der Waals surface area (Å²) < 4.78 is 5.38. The third-order valence-corrected chi connectivity index (χ3v) is 2.71. The highest BCUT2D eigenvalue weighted by atomic mass is 16.5. The Morgan fingerprint density at radius 3 is 2.48 bits per heavy atom. The van der Waals surface area contributed by atoms with Gasteiger partial charge in [-0.1, -0.05) is 13.8 Å². The number of rotatable bonds is 7. The third kappa shape index (κ3) is 5.33. The molecule has 116 valence electrons. The fourth-order valence-electron chi connectivity index (χ4n) is 2.03. The van der Waals surface area contributed by atoms with Gasteiger partial charge in [-0.3, -0.25) is 9.59 Å². The standard InChI is InChI=1S/C15H23N3O3/c1-4-21-13-6-11(5-12(16)7-13)15(20)18(8-10(2)3)9-14(17)19/h5-7,10H,4,8-9,16H2,1-3H3,(H2,17,19). The van der Waals surface area contributed by atoms with Crippen molar-refractivity contribution in [2.75, 3.05) is 25.4 Å². The van der Waals surface area contributed by atoms with Gasteiger partial charge in [0.05, 0.1) is 13.2 Å². The Bertz CT molecular complexity index is 515. The zero-order valence-corrected chi connectivity index (χ0v) is 12.8. The summed E-state index contributed by atoms with van der Waals surface area (Å²) >= 11 is 0. The van der Waals surface area contributed by atoms with Crippen LogP contribution in [0.1, 0.15) is 31.1 Å². The first kappa shape index (κ1) is 16.8. The highest BCUT2D eigenvalue weighted by Gasteiger charge is 2.19. The molecular formula is C15H23N3O3. The fourth-order valence-corrected chi connectivity index (χ4v) is 2.03. The predicted molar refractivity (Wildman–Crippen MR) is 82.0 cm³/mol. The number of nitrogens with two attached hydrogens (primary N) is 2. The molecule has 0 aliphatic carbocycles. The van der Waals surface area contributed by atoms with Crippen molar-refractivity contribution in [3.63, 3.8) is 0 Å². The predicted octanol–water partition coefficient (Wildman–Crippen LogP) is 1.25. The highest BCUT2D eigenvalue weighted by Crippen LogP contribution is 2.20. The van der Waals surface area contributed by atoms with Crippen molar-refractivity contribution >= 4 is 17.5 Å². The van der Waals surface area contributed by atoms with Gasteiger partial charge in [0.25, 0.3) is 5.91 Å². The average molecular weight is 293 g/mol. The lowest BCUT2D eigenvalue weighted by atomic mass is 10.1. The van der Waals surface area contributed by atoms with E-state index in [-0.39, 0.29) is 18.4 Å². The summed E-state index contributed by atoms with van der Waals surface area (Å²) in [6, 6.07) is 4.84. The zero-order valence-electron chi connectivity index (χ0n) is 12.8. The van der Waals surface area contributed by atoms with Crippen molar-refractivity contribution in [1.82, 2.24) is 4.90 Å². The van der Waals surface area contributed by atoms with E-state index in [1.54, 1.807) is 18.2 Å². The van der Waals surface area contributed by atoms with Gasteiger partial charge in [-0.2, -0.15) is 0 Å². The number of carbonyl (C=O) groups excluding carboxylic acids is 2. The van der Waals surface area contributed by atoms with Crippen LogP contribution >= 0.6 is 0 Å². The lowest BCUT2D eigenvalue weighted by Crippen LogP contribution is -2.40. The molecule has 6 heteroatoms. The van der Waals surface area contributed by atoms with Crippen LogP contribution in [0.5, 0.6) is 5.75 Å². The molecule has 0 aliphatic rings. The maximum absolute atomic E-state index is 12.5. The van der Waals surface area contributed by atoms with Crippen LogP contribution in [-0.2, 0) is 4.79 Å². The normalized spacial score (nSPS) is 10.5. The maximum atomic E-state index is 12.5. The zero-order chi connectivity index (χ0) is 16.0. The molecule has 0 atom stereocenters. The van der Waals surface area contributed by atoms with E-state index in [9.17, 15) is 9.59 Å². The molecular weight excluding hydrogens is 270 g/mol. The van der Waals surface area contributed by atoms with Gasteiger partial charge in [0.2, 0.25) is 5.91 Å². The van der Waals surface area contributed by atoms with E-state index in [1.807, 2.05) is 20.8 Å². The number of anilines is 1. The lowest BCUT2D eigenvalue weighted by Gasteiger charge is -2.23. The summed E-state index contributed by atoms with van der Waals surface area (Å²) in [5.74, 6) is -0.0705. The summed E-state index contributed by atoms with van der Waals surface area (Å²) in [6.07, 6.45) is 0. The Hall–Kier alpha value is -2.24. The van der Waals surface area contributed by atoms with E-state index in [2.05, 4.69) is 0 Å². The van der Waals surface area contributed by atoms with Crippen molar-refractivity contribution in [1.29, 1.82) is 0 Å². The van der Waals surface area contributed by atoms with Crippen LogP contribution in [0.15, 0.2) is 18.2 Å². The topological polar surface area (TPSA) is 98.7 Å². The molecule has 0 bridgehead atoms. The van der Waals surface area contributed by atoms with Crippen molar-refractivity contribution in [2.45, 2.75) is 20.8 Å². The smallest absolute Gasteiger partial charge is 0.254 e. The summed E-state index contributed by atoms with van der Waals surface area (Å²) in [6.45, 7) is 6.59. The van der Waals surface area contributed by atoms with E-state index in [0.29, 0.717) is 30.2 Å². The van der Waals surface area contributed by atoms with E-state index in [0.717, 1.165) is 0 Å². The van der Waals surface area contributed by atoms with Crippen molar-refractivity contribution in [3.8, 4) is 5.75 Å². The first-order chi connectivity index (χ1) is 9.83. The molecule has 2 amide bonds. The average Bonchev–Trinajstić information content (AvgIpc) is 2.35. The number of nitrogen functional groups attached to an aromatic ring is 1. The Balaban J connectivity index is 3.04. The van der Waals surface area contributed by atoms with Crippen LogP contribution in [0.3, 0.4) is 0 Å². The summed E-state index contributed by atoms with van der Waals surface area (Å²) in [4.78, 5) is 25.1. The van der Waals surface area contributed by atoms with Crippen molar-refractivity contribution < 1.29 is 14.3 Å². The van der Waals surface area contributed by atoms with Crippen LogP contribution in [0.4, 0.5) is 5.69 Å². The molecule has 0 saturated heterocycles. The number of nitrogens with zero attached hydrogens (tertiary/aromatic N) is 1. The van der Waals surface area contributed by atoms with Crippen LogP contribution in [0.2, 0.25) is 0 Å². The summed E-state index contributed by atoms with van der Waals surface area (Å²) in [5.41, 5.74) is 11.8. The highest BCUT2D eigenvalue weighted by molar-refractivity contribution is 5.97. The molecule has 0 fully saturated rings. The molecule has 1 rings (SSSR count). The number of hydrogen-bond acceptors (Lipinski definition) is 4. The minimum atomic E-state index is -0.544. The molecule has 0 saturated carbocycles. The molecule has 0 unspecified atom stereocenters. The monoisotopic (exact) mass is 293 g/mol. The Kier molecular flexibility index (Phi) is 6.02. The largest absolute Gasteiger partial charge is 0.494 e. The summed E-state index contributed by atoms with van der Waals surface area (Å²) in [5, 5.41) is 0. The van der Waals surface area contributed by atoms with Gasteiger partial charge in [-0.15, -0.1) is 0 Å². The molecule has 21 heavy (non-hydrogen) atoms. The molecule has 1 aromatic carbocycles. The number of ether oxygens (including phenoxy) is 1. The minimum absolute atomic E-state index is 0.115. The van der Waals surface area contributed by atoms with E-state index >= 15 is 0 Å². The SMILES string of the molecule is CCOc1cc(N)cc(C(=O)N(CC(N)=O)CC(C)C)c1. The Morgan fingerprint density at radius 1 is 1.29 bits per heavy atom. The van der Waals surface area contributed by atoms with Gasteiger partial charge in [-0.05, 0) is 25.0 Å². The molecule has 0 aliphatic heterocycles. The van der Waals surface area contributed by atoms with Crippen LogP contribution in [0.25, 0.3) is 0 Å². The second kappa shape index (κ2) is 7.52. The molecule has 0 spiro atoms. The van der Waals surface area contributed by atoms with Crippen LogP contribution < -0.4 is 16.2 Å². The molecule has 0 heterocycles. The number of benzene rings is 1. The van der Waals surface area contributed by atoms with Crippen molar-refractivity contribution in [3.05, 3.63) is 23.8 Å². The minimum Gasteiger partial charge on any atom is -0.494 e. The van der Waals surface area contributed by atoms with E-state index < -0.39 is 5.91 Å². The number of primary amides is 1. The second-order valence-corrected chi connectivity index (χ2v) is 5.27. The quantitative estimate of drug-likeness (QED) is 0.739. The number of hydrogen-bond donors (Lipinski definition) is 2. The maximum Gasteiger partial charge on any atom is 0.254 e. The van der Waals surface area contributed by atoms with Gasteiger partial charge in [0.15, 0.2) is 0 Å². The molecule has 0 radical (unpaired) electrons. The second-order valence-electron chi connectivity index (χ2n) is 5.27. The number of amides is 2. The molecule has 6 nitrogen and oxygen atoms in total. The molecule has 4 N–H and O–H groups in total. The molecule has 0 aromatic heterocycles. The number of carbonyl (C=O) groups is 2. The van der Waals surface area contributed by atoms with Crippen LogP contribution in [0, 0.1) is 5.92 Å². The van der Waals surface area contributed by atoms with E-state index in [4.69, 9.17) is 16.2 Å². The fraction of sp³-hybridized carbons (Fsp3) is 0.467. The first-order valence-electron chi connectivity index (χ1n) is 6.94. The van der Waals surface area contributed by atoms with E-state index in [1.165, 1.54) is 4.90 Å². The molecule has 1 aromatic rings. The van der Waals surface area contributed by atoms with Crippen molar-refractivity contribution in [2.24, 2.45) is 11.7 Å². The van der Waals surface area contributed by atoms with Gasteiger partial charge in [-0.25, -0.2) is 0 Å². The first-order valence-corrected chi connectivity index (χ1v) is 6.94. The third-order valence-electron chi connectivity index (χ3n) is 2.71. The van der Waals surface area contributed by atoms with Crippen LogP contribution in [-0.4, -0.2) is 36.4 Å². The van der Waals surface area contributed by atoms with Gasteiger partial charge >= 0.3 is 0 Å². The van der Waals surface area contributed by atoms with Gasteiger partial charge in [0.1, 0.15) is 5.75 Å². The van der Waals surface area contributed by atoms with Gasteiger partial charge < -0.3 is 21.1 Å². The Morgan fingerprint density at radius 2 is 1.95 bits per heavy atom.